The van der Waals surface area contributed by atoms with E-state index in [1.54, 1.807) is 11.9 Å². The number of benzene rings is 2. The van der Waals surface area contributed by atoms with Gasteiger partial charge in [-0.1, -0.05) is 58.9 Å². The SMILES string of the molecule is CC(C)(C)c1ccc(-c2cncc(C3CC(C)(C)c4cc(C(=O)NSC5CC5)ccc4N3)c2)cc1. The first-order chi connectivity index (χ1) is 16.6. The van der Waals surface area contributed by atoms with Crippen molar-refractivity contribution in [1.82, 2.24) is 9.71 Å². The maximum atomic E-state index is 12.6. The van der Waals surface area contributed by atoms with Crippen molar-refractivity contribution in [3.05, 3.63) is 83.2 Å². The zero-order valence-corrected chi connectivity index (χ0v) is 22.1. The number of fused-ring (bicyclic) bond motifs is 1. The Labute approximate surface area is 213 Å². The lowest BCUT2D eigenvalue weighted by Crippen LogP contribution is -2.32. The fourth-order valence-electron chi connectivity index (χ4n) is 4.78. The van der Waals surface area contributed by atoms with Crippen molar-refractivity contribution in [3.8, 4) is 11.1 Å². The van der Waals surface area contributed by atoms with Crippen LogP contribution in [-0.4, -0.2) is 16.1 Å². The summed E-state index contributed by atoms with van der Waals surface area (Å²) in [6.45, 7) is 11.2. The van der Waals surface area contributed by atoms with Crippen LogP contribution < -0.4 is 10.0 Å². The van der Waals surface area contributed by atoms with Gasteiger partial charge < -0.3 is 5.32 Å². The Bertz CT molecular complexity index is 1240. The number of carbonyl (C=O) groups is 1. The molecule has 1 aliphatic heterocycles. The predicted octanol–water partition coefficient (Wildman–Crippen LogP) is 7.42. The number of aromatic nitrogens is 1. The molecule has 5 heteroatoms. The van der Waals surface area contributed by atoms with Crippen molar-refractivity contribution >= 4 is 23.5 Å². The molecule has 3 aromatic rings. The van der Waals surface area contributed by atoms with Gasteiger partial charge in [-0.25, -0.2) is 0 Å². The molecule has 1 saturated carbocycles. The van der Waals surface area contributed by atoms with E-state index >= 15 is 0 Å². The van der Waals surface area contributed by atoms with Gasteiger partial charge >= 0.3 is 0 Å². The molecule has 35 heavy (non-hydrogen) atoms. The van der Waals surface area contributed by atoms with Gasteiger partial charge in [-0.15, -0.1) is 0 Å². The van der Waals surface area contributed by atoms with E-state index in [4.69, 9.17) is 0 Å². The fraction of sp³-hybridized carbons (Fsp3) is 0.400. The van der Waals surface area contributed by atoms with Crippen molar-refractivity contribution in [2.24, 2.45) is 0 Å². The lowest BCUT2D eigenvalue weighted by Gasteiger charge is -2.39. The van der Waals surface area contributed by atoms with Crippen molar-refractivity contribution in [2.75, 3.05) is 5.32 Å². The molecule has 0 saturated heterocycles. The minimum atomic E-state index is -0.0739. The highest BCUT2D eigenvalue weighted by Crippen LogP contribution is 2.44. The average molecular weight is 486 g/mol. The second kappa shape index (κ2) is 9.02. The smallest absolute Gasteiger partial charge is 0.261 e. The van der Waals surface area contributed by atoms with Gasteiger partial charge in [0.15, 0.2) is 0 Å². The number of hydrogen-bond donors (Lipinski definition) is 2. The van der Waals surface area contributed by atoms with E-state index in [9.17, 15) is 4.79 Å². The molecule has 2 N–H and O–H groups in total. The standard InChI is InChI=1S/C30H35N3OS/c1-29(2,3)23-9-6-19(7-10-23)21-14-22(18-31-17-21)27-16-30(4,5)25-15-20(8-13-26(25)32-27)28(34)33-35-24-11-12-24/h6-10,13-15,17-18,24,27,32H,11-12,16H2,1-5H3,(H,33,34). The maximum Gasteiger partial charge on any atom is 0.261 e. The first-order valence-corrected chi connectivity index (χ1v) is 13.4. The van der Waals surface area contributed by atoms with Crippen LogP contribution in [0.1, 0.15) is 87.0 Å². The summed E-state index contributed by atoms with van der Waals surface area (Å²) in [6, 6.07) is 17.3. The third kappa shape index (κ3) is 5.25. The Balaban J connectivity index is 1.37. The highest BCUT2D eigenvalue weighted by Gasteiger charge is 2.34. The summed E-state index contributed by atoms with van der Waals surface area (Å²) in [5.74, 6) is -0.00277. The lowest BCUT2D eigenvalue weighted by molar-refractivity contribution is 0.0984. The molecule has 2 aliphatic rings. The van der Waals surface area contributed by atoms with Crippen LogP contribution in [0.4, 0.5) is 5.69 Å². The minimum absolute atomic E-state index is 0.00277. The molecule has 1 atom stereocenters. The van der Waals surface area contributed by atoms with Crippen molar-refractivity contribution in [2.45, 2.75) is 76.0 Å². The van der Waals surface area contributed by atoms with Crippen LogP contribution >= 0.6 is 11.9 Å². The number of rotatable bonds is 5. The zero-order chi connectivity index (χ0) is 24.8. The monoisotopic (exact) mass is 485 g/mol. The van der Waals surface area contributed by atoms with Crippen LogP contribution in [0.3, 0.4) is 0 Å². The molecule has 5 rings (SSSR count). The molecule has 1 unspecified atom stereocenters. The summed E-state index contributed by atoms with van der Waals surface area (Å²) >= 11 is 1.56. The summed E-state index contributed by atoms with van der Waals surface area (Å²) < 4.78 is 3.01. The number of hydrogen-bond acceptors (Lipinski definition) is 4. The van der Waals surface area contributed by atoms with Gasteiger partial charge in [0.1, 0.15) is 0 Å². The number of pyridine rings is 1. The summed E-state index contributed by atoms with van der Waals surface area (Å²) in [5.41, 5.74) is 7.91. The molecule has 182 valence electrons. The Morgan fingerprint density at radius 1 is 1.03 bits per heavy atom. The second-order valence-corrected chi connectivity index (χ2v) is 12.7. The van der Waals surface area contributed by atoms with Crippen LogP contribution in [-0.2, 0) is 10.8 Å². The number of nitrogens with zero attached hydrogens (tertiary/aromatic N) is 1. The quantitative estimate of drug-likeness (QED) is 0.369. The molecule has 0 spiro atoms. The minimum Gasteiger partial charge on any atom is -0.378 e. The Morgan fingerprint density at radius 3 is 2.46 bits per heavy atom. The largest absolute Gasteiger partial charge is 0.378 e. The number of amides is 1. The van der Waals surface area contributed by atoms with Crippen LogP contribution in [0.25, 0.3) is 11.1 Å². The summed E-state index contributed by atoms with van der Waals surface area (Å²) in [5, 5.41) is 4.32. The van der Waals surface area contributed by atoms with Gasteiger partial charge in [-0.05, 0) is 88.6 Å². The Hall–Kier alpha value is -2.79. The molecular formula is C30H35N3OS. The first kappa shape index (κ1) is 23.9. The van der Waals surface area contributed by atoms with Crippen molar-refractivity contribution < 1.29 is 4.79 Å². The summed E-state index contributed by atoms with van der Waals surface area (Å²) in [7, 11) is 0. The van der Waals surface area contributed by atoms with Crippen LogP contribution in [0, 0.1) is 0 Å². The highest BCUT2D eigenvalue weighted by molar-refractivity contribution is 7.98. The zero-order valence-electron chi connectivity index (χ0n) is 21.3. The van der Waals surface area contributed by atoms with E-state index < -0.39 is 0 Å². The van der Waals surface area contributed by atoms with Gasteiger partial charge in [0.25, 0.3) is 5.91 Å². The van der Waals surface area contributed by atoms with Crippen molar-refractivity contribution in [1.29, 1.82) is 0 Å². The third-order valence-electron chi connectivity index (χ3n) is 7.14. The van der Waals surface area contributed by atoms with E-state index in [-0.39, 0.29) is 22.8 Å². The Morgan fingerprint density at radius 2 is 1.77 bits per heavy atom. The van der Waals surface area contributed by atoms with Gasteiger partial charge in [-0.2, -0.15) is 0 Å². The number of nitrogens with one attached hydrogen (secondary N) is 2. The molecule has 4 nitrogen and oxygen atoms in total. The molecule has 1 aromatic heterocycles. The van der Waals surface area contributed by atoms with E-state index in [2.05, 4.69) is 92.1 Å². The maximum absolute atomic E-state index is 12.6. The molecule has 0 radical (unpaired) electrons. The second-order valence-electron chi connectivity index (χ2n) is 11.6. The fourth-order valence-corrected chi connectivity index (χ4v) is 5.55. The van der Waals surface area contributed by atoms with Gasteiger partial charge in [-0.3, -0.25) is 14.5 Å². The summed E-state index contributed by atoms with van der Waals surface area (Å²) in [6.07, 6.45) is 7.25. The normalized spacial score (nSPS) is 18.9. The molecule has 0 bridgehead atoms. The van der Waals surface area contributed by atoms with E-state index in [1.165, 1.54) is 35.1 Å². The van der Waals surface area contributed by atoms with E-state index in [0.29, 0.717) is 5.25 Å². The molecule has 1 aliphatic carbocycles. The molecule has 1 fully saturated rings. The Kier molecular flexibility index (Phi) is 6.16. The van der Waals surface area contributed by atoms with E-state index in [1.807, 2.05) is 18.5 Å². The molecular weight excluding hydrogens is 450 g/mol. The predicted molar refractivity (Wildman–Crippen MR) is 147 cm³/mol. The lowest BCUT2D eigenvalue weighted by atomic mass is 9.73. The molecule has 2 aromatic carbocycles. The van der Waals surface area contributed by atoms with Crippen LogP contribution in [0.5, 0.6) is 0 Å². The van der Waals surface area contributed by atoms with Crippen molar-refractivity contribution in [3.63, 3.8) is 0 Å². The highest BCUT2D eigenvalue weighted by atomic mass is 32.2. The topological polar surface area (TPSA) is 54.0 Å². The summed E-state index contributed by atoms with van der Waals surface area (Å²) in [4.78, 5) is 17.2. The number of anilines is 1. The van der Waals surface area contributed by atoms with Gasteiger partial charge in [0, 0.05) is 34.5 Å². The third-order valence-corrected chi connectivity index (χ3v) is 8.25. The molecule has 1 amide bonds. The van der Waals surface area contributed by atoms with Crippen LogP contribution in [0.15, 0.2) is 60.9 Å². The van der Waals surface area contributed by atoms with Crippen LogP contribution in [0.2, 0.25) is 0 Å². The van der Waals surface area contributed by atoms with Gasteiger partial charge in [0.2, 0.25) is 0 Å². The van der Waals surface area contributed by atoms with E-state index in [0.717, 1.165) is 23.2 Å². The average Bonchev–Trinajstić information content (AvgIpc) is 3.66. The first-order valence-electron chi connectivity index (χ1n) is 12.5. The molecule has 2 heterocycles. The number of carbonyl (C=O) groups excluding carboxylic acids is 1. The van der Waals surface area contributed by atoms with Gasteiger partial charge in [0.05, 0.1) is 6.04 Å².